The molecule has 1 aliphatic rings. The van der Waals surface area contributed by atoms with Crippen molar-refractivity contribution in [1.29, 1.82) is 0 Å². The lowest BCUT2D eigenvalue weighted by molar-refractivity contribution is 0.659. The zero-order valence-corrected chi connectivity index (χ0v) is 18.7. The second-order valence-electron chi connectivity index (χ2n) is 7.55. The SMILES string of the molecule is C=C/C=C(\C=C/C)c1cc2c(c(C=C)c1/C=C\C)-c1ccc(Br)cc1C2(C)C. The molecule has 0 radical (unpaired) electrons. The maximum Gasteiger partial charge on any atom is 0.0178 e. The molecule has 28 heavy (non-hydrogen) atoms. The van der Waals surface area contributed by atoms with E-state index in [0.29, 0.717) is 0 Å². The Morgan fingerprint density at radius 1 is 1.00 bits per heavy atom. The van der Waals surface area contributed by atoms with Gasteiger partial charge in [0.1, 0.15) is 0 Å². The molecule has 0 unspecified atom stereocenters. The molecule has 0 spiro atoms. The molecule has 1 aliphatic carbocycles. The normalized spacial score (nSPS) is 15.1. The maximum atomic E-state index is 4.18. The molecule has 142 valence electrons. The highest BCUT2D eigenvalue weighted by Gasteiger charge is 2.38. The molecule has 0 nitrogen and oxygen atoms in total. The second-order valence-corrected chi connectivity index (χ2v) is 8.47. The van der Waals surface area contributed by atoms with Crippen LogP contribution in [-0.4, -0.2) is 0 Å². The van der Waals surface area contributed by atoms with E-state index >= 15 is 0 Å². The van der Waals surface area contributed by atoms with Gasteiger partial charge < -0.3 is 0 Å². The Labute approximate surface area is 177 Å². The fourth-order valence-electron chi connectivity index (χ4n) is 4.24. The summed E-state index contributed by atoms with van der Waals surface area (Å²) in [6, 6.07) is 8.97. The van der Waals surface area contributed by atoms with Crippen LogP contribution in [0, 0.1) is 0 Å². The Morgan fingerprint density at radius 3 is 2.36 bits per heavy atom. The van der Waals surface area contributed by atoms with Gasteiger partial charge in [0, 0.05) is 9.89 Å². The van der Waals surface area contributed by atoms with Crippen molar-refractivity contribution < 1.29 is 0 Å². The predicted molar refractivity (Wildman–Crippen MR) is 129 cm³/mol. The summed E-state index contributed by atoms with van der Waals surface area (Å²) in [5.74, 6) is 0. The average molecular weight is 431 g/mol. The monoisotopic (exact) mass is 430 g/mol. The average Bonchev–Trinajstić information content (AvgIpc) is 2.88. The van der Waals surface area contributed by atoms with Crippen LogP contribution in [0.25, 0.3) is 28.9 Å². The maximum absolute atomic E-state index is 4.18. The van der Waals surface area contributed by atoms with Gasteiger partial charge in [-0.15, -0.1) is 0 Å². The van der Waals surface area contributed by atoms with E-state index in [2.05, 4.69) is 105 Å². The number of halogens is 1. The van der Waals surface area contributed by atoms with Crippen LogP contribution in [0.1, 0.15) is 55.5 Å². The summed E-state index contributed by atoms with van der Waals surface area (Å²) in [6.45, 7) is 16.8. The van der Waals surface area contributed by atoms with Crippen LogP contribution in [-0.2, 0) is 5.41 Å². The fraction of sp³-hybridized carbons (Fsp3) is 0.185. The number of hydrogen-bond acceptors (Lipinski definition) is 0. The van der Waals surface area contributed by atoms with Crippen LogP contribution >= 0.6 is 15.9 Å². The molecule has 2 aromatic carbocycles. The Kier molecular flexibility index (Phi) is 5.76. The molecule has 0 aromatic heterocycles. The van der Waals surface area contributed by atoms with Crippen LogP contribution in [0.4, 0.5) is 0 Å². The molecule has 0 heterocycles. The first-order valence-corrected chi connectivity index (χ1v) is 10.4. The van der Waals surface area contributed by atoms with E-state index < -0.39 is 0 Å². The molecule has 0 amide bonds. The Hall–Kier alpha value is -2.38. The van der Waals surface area contributed by atoms with Crippen LogP contribution in [0.5, 0.6) is 0 Å². The third-order valence-electron chi connectivity index (χ3n) is 5.50. The van der Waals surface area contributed by atoms with Gasteiger partial charge in [0.2, 0.25) is 0 Å². The molecule has 0 saturated heterocycles. The van der Waals surface area contributed by atoms with Gasteiger partial charge in [-0.05, 0) is 76.6 Å². The topological polar surface area (TPSA) is 0 Å². The molecule has 0 atom stereocenters. The summed E-state index contributed by atoms with van der Waals surface area (Å²) in [5.41, 5.74) is 9.99. The van der Waals surface area contributed by atoms with E-state index in [-0.39, 0.29) is 5.41 Å². The van der Waals surface area contributed by atoms with E-state index in [9.17, 15) is 0 Å². The Bertz CT molecular complexity index is 1040. The molecule has 0 fully saturated rings. The zero-order chi connectivity index (χ0) is 20.5. The molecular weight excluding hydrogens is 404 g/mol. The highest BCUT2D eigenvalue weighted by atomic mass is 79.9. The van der Waals surface area contributed by atoms with Crippen molar-refractivity contribution in [3.05, 3.63) is 100 Å². The summed E-state index contributed by atoms with van der Waals surface area (Å²) < 4.78 is 1.11. The molecular formula is C27H27Br. The van der Waals surface area contributed by atoms with Gasteiger partial charge in [-0.25, -0.2) is 0 Å². The quantitative estimate of drug-likeness (QED) is 0.416. The second kappa shape index (κ2) is 7.93. The lowest BCUT2D eigenvalue weighted by atomic mass is 9.79. The summed E-state index contributed by atoms with van der Waals surface area (Å²) in [5, 5.41) is 0. The minimum absolute atomic E-state index is 0.0787. The Balaban J connectivity index is 2.49. The van der Waals surface area contributed by atoms with Crippen molar-refractivity contribution in [2.45, 2.75) is 33.1 Å². The molecule has 0 N–H and O–H groups in total. The number of benzene rings is 2. The first-order valence-electron chi connectivity index (χ1n) is 9.63. The summed E-state index contributed by atoms with van der Waals surface area (Å²) in [7, 11) is 0. The highest BCUT2D eigenvalue weighted by molar-refractivity contribution is 9.10. The van der Waals surface area contributed by atoms with Crippen molar-refractivity contribution >= 4 is 33.7 Å². The molecule has 0 bridgehead atoms. The minimum atomic E-state index is -0.0787. The first-order chi connectivity index (χ1) is 13.4. The Morgan fingerprint density at radius 2 is 1.75 bits per heavy atom. The number of fused-ring (bicyclic) bond motifs is 3. The lowest BCUT2D eigenvalue weighted by Gasteiger charge is -2.24. The molecule has 0 aliphatic heterocycles. The van der Waals surface area contributed by atoms with Gasteiger partial charge >= 0.3 is 0 Å². The molecule has 2 aromatic rings. The van der Waals surface area contributed by atoms with Gasteiger partial charge in [-0.3, -0.25) is 0 Å². The van der Waals surface area contributed by atoms with E-state index in [1.807, 2.05) is 19.1 Å². The van der Waals surface area contributed by atoms with Crippen molar-refractivity contribution in [3.8, 4) is 11.1 Å². The zero-order valence-electron chi connectivity index (χ0n) is 17.1. The standard InChI is InChI=1S/C27H27Br/c1-7-11-18(12-8-2)23-17-25-26(20(10-4)21(23)13-9-3)22-15-14-19(28)16-24(22)27(25,5)6/h7-17H,1,4H2,2-3,5-6H3/b12-8-,13-9-,18-11+. The van der Waals surface area contributed by atoms with Crippen LogP contribution in [0.3, 0.4) is 0 Å². The molecule has 0 saturated carbocycles. The van der Waals surface area contributed by atoms with Gasteiger partial charge in [-0.2, -0.15) is 0 Å². The largest absolute Gasteiger partial charge is 0.0990 e. The van der Waals surface area contributed by atoms with Crippen LogP contribution < -0.4 is 0 Å². The highest BCUT2D eigenvalue weighted by Crippen LogP contribution is 2.53. The predicted octanol–water partition coefficient (Wildman–Crippen LogP) is 8.58. The van der Waals surface area contributed by atoms with E-state index in [0.717, 1.165) is 10.0 Å². The van der Waals surface area contributed by atoms with Crippen molar-refractivity contribution in [3.63, 3.8) is 0 Å². The van der Waals surface area contributed by atoms with Crippen molar-refractivity contribution in [2.75, 3.05) is 0 Å². The van der Waals surface area contributed by atoms with Gasteiger partial charge in [0.15, 0.2) is 0 Å². The number of allylic oxidation sites excluding steroid dienone is 6. The number of rotatable bonds is 5. The third kappa shape index (κ3) is 3.18. The van der Waals surface area contributed by atoms with E-state index in [4.69, 9.17) is 0 Å². The third-order valence-corrected chi connectivity index (χ3v) is 5.99. The molecule has 1 heteroatoms. The minimum Gasteiger partial charge on any atom is -0.0990 e. The van der Waals surface area contributed by atoms with Crippen LogP contribution in [0.2, 0.25) is 0 Å². The van der Waals surface area contributed by atoms with E-state index in [1.165, 1.54) is 38.9 Å². The summed E-state index contributed by atoms with van der Waals surface area (Å²) in [6.07, 6.45) is 14.5. The van der Waals surface area contributed by atoms with E-state index in [1.54, 1.807) is 0 Å². The summed E-state index contributed by atoms with van der Waals surface area (Å²) >= 11 is 3.65. The smallest absolute Gasteiger partial charge is 0.0178 e. The van der Waals surface area contributed by atoms with Gasteiger partial charge in [-0.1, -0.05) is 91.5 Å². The van der Waals surface area contributed by atoms with Crippen LogP contribution in [0.15, 0.2) is 72.3 Å². The van der Waals surface area contributed by atoms with Crippen molar-refractivity contribution in [2.24, 2.45) is 0 Å². The first kappa shape index (κ1) is 20.4. The van der Waals surface area contributed by atoms with Crippen molar-refractivity contribution in [1.82, 2.24) is 0 Å². The van der Waals surface area contributed by atoms with Gasteiger partial charge in [0.25, 0.3) is 0 Å². The fourth-order valence-corrected chi connectivity index (χ4v) is 4.60. The summed E-state index contributed by atoms with van der Waals surface area (Å²) in [4.78, 5) is 0. The number of hydrogen-bond donors (Lipinski definition) is 0. The molecule has 3 rings (SSSR count). The van der Waals surface area contributed by atoms with Gasteiger partial charge in [0.05, 0.1) is 0 Å². The lowest BCUT2D eigenvalue weighted by Crippen LogP contribution is -2.15.